The number of hydrogen-bond donors (Lipinski definition) is 2. The van der Waals surface area contributed by atoms with E-state index in [0.717, 1.165) is 25.9 Å². The van der Waals surface area contributed by atoms with Gasteiger partial charge in [-0.1, -0.05) is 0 Å². The van der Waals surface area contributed by atoms with Gasteiger partial charge in [-0.2, -0.15) is 0 Å². The molecular formula is C13H22N2O4S. The van der Waals surface area contributed by atoms with Crippen LogP contribution in [0.15, 0.2) is 0 Å². The lowest BCUT2D eigenvalue weighted by Crippen LogP contribution is -2.40. The standard InChI is InChI=1S/C13H22N2O4S/c1-10(12(17)15-6-3-2-4-7-15)20-8-5-11(13(18)19)14-9-16/h9-11H,2-8H2,1H3,(H,14,16)(H,18,19). The smallest absolute Gasteiger partial charge is 0.326 e. The van der Waals surface area contributed by atoms with E-state index in [1.807, 2.05) is 11.8 Å². The van der Waals surface area contributed by atoms with Crippen molar-refractivity contribution in [3.8, 4) is 0 Å². The van der Waals surface area contributed by atoms with Gasteiger partial charge in [0.25, 0.3) is 0 Å². The topological polar surface area (TPSA) is 86.7 Å². The molecule has 2 amide bonds. The molecule has 114 valence electrons. The van der Waals surface area contributed by atoms with E-state index in [4.69, 9.17) is 5.11 Å². The third-order valence-corrected chi connectivity index (χ3v) is 4.53. The number of rotatable bonds is 8. The summed E-state index contributed by atoms with van der Waals surface area (Å²) in [5.41, 5.74) is 0. The third kappa shape index (κ3) is 5.40. The average molecular weight is 302 g/mol. The van der Waals surface area contributed by atoms with Crippen LogP contribution in [0.4, 0.5) is 0 Å². The van der Waals surface area contributed by atoms with Crippen LogP contribution in [0.3, 0.4) is 0 Å². The highest BCUT2D eigenvalue weighted by Gasteiger charge is 2.23. The number of piperidine rings is 1. The van der Waals surface area contributed by atoms with Crippen LogP contribution in [0.25, 0.3) is 0 Å². The summed E-state index contributed by atoms with van der Waals surface area (Å²) in [4.78, 5) is 35.2. The lowest BCUT2D eigenvalue weighted by atomic mass is 10.1. The Hall–Kier alpha value is -1.24. The second-order valence-electron chi connectivity index (χ2n) is 4.86. The molecule has 0 aromatic heterocycles. The molecule has 0 aliphatic carbocycles. The maximum atomic E-state index is 12.2. The molecule has 2 unspecified atom stereocenters. The summed E-state index contributed by atoms with van der Waals surface area (Å²) >= 11 is 1.44. The molecule has 1 aliphatic rings. The van der Waals surface area contributed by atoms with Crippen LogP contribution in [0.2, 0.25) is 0 Å². The van der Waals surface area contributed by atoms with Gasteiger partial charge in [0.1, 0.15) is 6.04 Å². The van der Waals surface area contributed by atoms with E-state index in [0.29, 0.717) is 18.6 Å². The zero-order chi connectivity index (χ0) is 15.0. The van der Waals surface area contributed by atoms with Crippen LogP contribution >= 0.6 is 11.8 Å². The zero-order valence-corrected chi connectivity index (χ0v) is 12.5. The molecule has 6 nitrogen and oxygen atoms in total. The Bertz CT molecular complexity index is 345. The van der Waals surface area contributed by atoms with Crippen LogP contribution in [-0.4, -0.2) is 58.4 Å². The Morgan fingerprint density at radius 2 is 2.00 bits per heavy atom. The number of hydrogen-bond acceptors (Lipinski definition) is 4. The number of aliphatic carboxylic acids is 1. The minimum absolute atomic E-state index is 0.130. The second kappa shape index (κ2) is 8.84. The number of nitrogens with one attached hydrogen (secondary N) is 1. The van der Waals surface area contributed by atoms with Crippen molar-refractivity contribution in [1.29, 1.82) is 0 Å². The fourth-order valence-corrected chi connectivity index (χ4v) is 3.18. The molecule has 1 fully saturated rings. The Balaban J connectivity index is 2.30. The molecular weight excluding hydrogens is 280 g/mol. The first-order valence-electron chi connectivity index (χ1n) is 6.89. The number of likely N-dealkylation sites (tertiary alicyclic amines) is 1. The minimum Gasteiger partial charge on any atom is -0.480 e. The maximum Gasteiger partial charge on any atom is 0.326 e. The molecule has 20 heavy (non-hydrogen) atoms. The molecule has 0 aromatic carbocycles. The average Bonchev–Trinajstić information content (AvgIpc) is 2.46. The van der Waals surface area contributed by atoms with E-state index in [1.54, 1.807) is 0 Å². The highest BCUT2D eigenvalue weighted by Crippen LogP contribution is 2.18. The van der Waals surface area contributed by atoms with Crippen molar-refractivity contribution in [2.45, 2.75) is 43.9 Å². The summed E-state index contributed by atoms with van der Waals surface area (Å²) in [7, 11) is 0. The predicted molar refractivity (Wildman–Crippen MR) is 77.6 cm³/mol. The summed E-state index contributed by atoms with van der Waals surface area (Å²) in [6, 6.07) is -0.878. The van der Waals surface area contributed by atoms with Crippen LogP contribution in [0.5, 0.6) is 0 Å². The number of amides is 2. The van der Waals surface area contributed by atoms with Crippen LogP contribution in [-0.2, 0) is 14.4 Å². The van der Waals surface area contributed by atoms with E-state index >= 15 is 0 Å². The lowest BCUT2D eigenvalue weighted by molar-refractivity contribution is -0.140. The Labute approximate surface area is 123 Å². The van der Waals surface area contributed by atoms with Crippen molar-refractivity contribution in [2.24, 2.45) is 0 Å². The Morgan fingerprint density at radius 1 is 1.35 bits per heavy atom. The summed E-state index contributed by atoms with van der Waals surface area (Å²) in [5, 5.41) is 11.0. The highest BCUT2D eigenvalue weighted by molar-refractivity contribution is 8.00. The van der Waals surface area contributed by atoms with Gasteiger partial charge in [-0.05, 0) is 38.4 Å². The molecule has 0 radical (unpaired) electrons. The molecule has 1 saturated heterocycles. The Kier molecular flexibility index (Phi) is 7.43. The monoisotopic (exact) mass is 302 g/mol. The minimum atomic E-state index is -1.05. The van der Waals surface area contributed by atoms with Gasteiger partial charge >= 0.3 is 5.97 Å². The lowest BCUT2D eigenvalue weighted by Gasteiger charge is -2.29. The fraction of sp³-hybridized carbons (Fsp3) is 0.769. The first-order chi connectivity index (χ1) is 9.56. The quantitative estimate of drug-likeness (QED) is 0.645. The number of carbonyl (C=O) groups excluding carboxylic acids is 2. The number of thioether (sulfide) groups is 1. The van der Waals surface area contributed by atoms with Gasteiger partial charge in [-0.3, -0.25) is 9.59 Å². The van der Waals surface area contributed by atoms with E-state index in [9.17, 15) is 14.4 Å². The van der Waals surface area contributed by atoms with Gasteiger partial charge in [-0.25, -0.2) is 4.79 Å². The van der Waals surface area contributed by atoms with Gasteiger partial charge in [0.15, 0.2) is 0 Å². The van der Waals surface area contributed by atoms with Crippen LogP contribution < -0.4 is 5.32 Å². The zero-order valence-electron chi connectivity index (χ0n) is 11.7. The largest absolute Gasteiger partial charge is 0.480 e. The summed E-state index contributed by atoms with van der Waals surface area (Å²) in [6.07, 6.45) is 4.02. The maximum absolute atomic E-state index is 12.2. The van der Waals surface area contributed by atoms with Crippen molar-refractivity contribution in [2.75, 3.05) is 18.8 Å². The van der Waals surface area contributed by atoms with E-state index in [2.05, 4.69) is 5.32 Å². The third-order valence-electron chi connectivity index (χ3n) is 3.36. The number of carbonyl (C=O) groups is 3. The van der Waals surface area contributed by atoms with E-state index in [1.165, 1.54) is 18.2 Å². The van der Waals surface area contributed by atoms with Crippen molar-refractivity contribution in [3.63, 3.8) is 0 Å². The van der Waals surface area contributed by atoms with Crippen molar-refractivity contribution >= 4 is 30.0 Å². The van der Waals surface area contributed by atoms with E-state index < -0.39 is 12.0 Å². The number of nitrogens with zero attached hydrogens (tertiary/aromatic N) is 1. The molecule has 7 heteroatoms. The van der Waals surface area contributed by atoms with E-state index in [-0.39, 0.29) is 11.2 Å². The van der Waals surface area contributed by atoms with Gasteiger partial charge in [0.2, 0.25) is 12.3 Å². The second-order valence-corrected chi connectivity index (χ2v) is 6.31. The first kappa shape index (κ1) is 16.8. The normalized spacial score (nSPS) is 18.1. The van der Waals surface area contributed by atoms with Crippen molar-refractivity contribution < 1.29 is 19.5 Å². The fourth-order valence-electron chi connectivity index (χ4n) is 2.17. The number of carboxylic acids is 1. The molecule has 0 saturated carbocycles. The predicted octanol–water partition coefficient (Wildman–Crippen LogP) is 0.710. The molecule has 0 bridgehead atoms. The van der Waals surface area contributed by atoms with Gasteiger partial charge < -0.3 is 15.3 Å². The molecule has 2 atom stereocenters. The Morgan fingerprint density at radius 3 is 2.55 bits per heavy atom. The summed E-state index contributed by atoms with van der Waals surface area (Å²) < 4.78 is 0. The summed E-state index contributed by atoms with van der Waals surface area (Å²) in [6.45, 7) is 3.51. The molecule has 1 heterocycles. The van der Waals surface area contributed by atoms with Gasteiger partial charge in [0.05, 0.1) is 5.25 Å². The van der Waals surface area contributed by atoms with Crippen LogP contribution in [0.1, 0.15) is 32.6 Å². The molecule has 2 N–H and O–H groups in total. The molecule has 0 aromatic rings. The SMILES string of the molecule is CC(SCCC(NC=O)C(=O)O)C(=O)N1CCCCC1. The summed E-state index contributed by atoms with van der Waals surface area (Å²) in [5.74, 6) is -0.393. The molecule has 1 rings (SSSR count). The van der Waals surface area contributed by atoms with Crippen molar-refractivity contribution in [1.82, 2.24) is 10.2 Å². The molecule has 0 spiro atoms. The number of carboxylic acid groups (broad SMARTS) is 1. The molecule has 1 aliphatic heterocycles. The van der Waals surface area contributed by atoms with Gasteiger partial charge in [0, 0.05) is 13.1 Å². The highest BCUT2D eigenvalue weighted by atomic mass is 32.2. The van der Waals surface area contributed by atoms with Crippen molar-refractivity contribution in [3.05, 3.63) is 0 Å². The van der Waals surface area contributed by atoms with Gasteiger partial charge in [-0.15, -0.1) is 11.8 Å². The van der Waals surface area contributed by atoms with Crippen LogP contribution in [0, 0.1) is 0 Å². The first-order valence-corrected chi connectivity index (χ1v) is 7.94.